The van der Waals surface area contributed by atoms with Crippen LogP contribution in [0, 0.1) is 6.92 Å². The third-order valence-electron chi connectivity index (χ3n) is 4.25. The summed E-state index contributed by atoms with van der Waals surface area (Å²) in [6.07, 6.45) is 0. The van der Waals surface area contributed by atoms with Crippen molar-refractivity contribution in [2.75, 3.05) is 19.4 Å². The van der Waals surface area contributed by atoms with Crippen LogP contribution >= 0.6 is 15.9 Å². The van der Waals surface area contributed by atoms with Gasteiger partial charge in [0.2, 0.25) is 0 Å². The minimum atomic E-state index is -0.238. The summed E-state index contributed by atoms with van der Waals surface area (Å²) >= 11 is 3.46. The van der Waals surface area contributed by atoms with Crippen LogP contribution in [0.3, 0.4) is 0 Å². The van der Waals surface area contributed by atoms with Crippen LogP contribution < -0.4 is 5.32 Å². The van der Waals surface area contributed by atoms with Crippen LogP contribution in [0.2, 0.25) is 0 Å². The number of hydrogen-bond donors (Lipinski definition) is 1. The van der Waals surface area contributed by atoms with Gasteiger partial charge in [0.15, 0.2) is 0 Å². The van der Waals surface area contributed by atoms with Crippen LogP contribution in [0.25, 0.3) is 11.3 Å². The summed E-state index contributed by atoms with van der Waals surface area (Å²) < 4.78 is 0.975. The van der Waals surface area contributed by atoms with Crippen molar-refractivity contribution in [3.8, 4) is 11.3 Å². The molecule has 1 N–H and O–H groups in total. The quantitative estimate of drug-likeness (QED) is 0.638. The standard InChI is InChI=1S/C22H20BrN3O2/c1-14-19(11-12-20(24-14)16-5-4-6-17(23)13-16)21(27)25-18-9-7-15(8-10-18)22(28)26(2)3/h4-13H,1-3H3,(H,25,27). The van der Waals surface area contributed by atoms with E-state index < -0.39 is 0 Å². The Morgan fingerprint density at radius 2 is 1.71 bits per heavy atom. The first kappa shape index (κ1) is 19.8. The third-order valence-corrected chi connectivity index (χ3v) is 4.74. The summed E-state index contributed by atoms with van der Waals surface area (Å²) in [5.74, 6) is -0.321. The molecule has 28 heavy (non-hydrogen) atoms. The summed E-state index contributed by atoms with van der Waals surface area (Å²) in [6, 6.07) is 18.3. The van der Waals surface area contributed by atoms with Gasteiger partial charge in [-0.3, -0.25) is 14.6 Å². The van der Waals surface area contributed by atoms with Crippen LogP contribution in [-0.2, 0) is 0 Å². The van der Waals surface area contributed by atoms with E-state index in [1.54, 1.807) is 44.4 Å². The Kier molecular flexibility index (Phi) is 5.90. The van der Waals surface area contributed by atoms with Crippen LogP contribution in [0.1, 0.15) is 26.4 Å². The molecule has 0 aliphatic rings. The summed E-state index contributed by atoms with van der Waals surface area (Å²) in [7, 11) is 3.40. The second-order valence-corrected chi connectivity index (χ2v) is 7.49. The van der Waals surface area contributed by atoms with E-state index >= 15 is 0 Å². The molecule has 1 aromatic heterocycles. The fourth-order valence-electron chi connectivity index (χ4n) is 2.76. The van der Waals surface area contributed by atoms with Crippen molar-refractivity contribution in [1.82, 2.24) is 9.88 Å². The van der Waals surface area contributed by atoms with Crippen molar-refractivity contribution < 1.29 is 9.59 Å². The number of nitrogens with zero attached hydrogens (tertiary/aromatic N) is 2. The molecule has 0 saturated carbocycles. The fourth-order valence-corrected chi connectivity index (χ4v) is 3.16. The topological polar surface area (TPSA) is 62.3 Å². The van der Waals surface area contributed by atoms with E-state index in [1.807, 2.05) is 37.3 Å². The van der Waals surface area contributed by atoms with Gasteiger partial charge in [-0.15, -0.1) is 0 Å². The highest BCUT2D eigenvalue weighted by atomic mass is 79.9. The predicted octanol–water partition coefficient (Wildman–Crippen LogP) is 4.77. The molecule has 0 atom stereocenters. The zero-order valence-corrected chi connectivity index (χ0v) is 17.4. The number of carbonyl (C=O) groups excluding carboxylic acids is 2. The van der Waals surface area contributed by atoms with E-state index in [0.717, 1.165) is 15.7 Å². The van der Waals surface area contributed by atoms with Gasteiger partial charge in [0.1, 0.15) is 0 Å². The highest BCUT2D eigenvalue weighted by molar-refractivity contribution is 9.10. The lowest BCUT2D eigenvalue weighted by Gasteiger charge is -2.12. The Hall–Kier alpha value is -2.99. The fraction of sp³-hybridized carbons (Fsp3) is 0.136. The van der Waals surface area contributed by atoms with Crippen molar-refractivity contribution in [2.24, 2.45) is 0 Å². The van der Waals surface area contributed by atoms with Gasteiger partial charge in [-0.1, -0.05) is 28.1 Å². The Morgan fingerprint density at radius 1 is 1.00 bits per heavy atom. The lowest BCUT2D eigenvalue weighted by atomic mass is 10.1. The van der Waals surface area contributed by atoms with E-state index in [2.05, 4.69) is 26.2 Å². The Bertz CT molecular complexity index is 1030. The molecule has 0 aliphatic heterocycles. The Labute approximate surface area is 172 Å². The van der Waals surface area contributed by atoms with Gasteiger partial charge < -0.3 is 10.2 Å². The van der Waals surface area contributed by atoms with Crippen molar-refractivity contribution in [1.29, 1.82) is 0 Å². The molecular weight excluding hydrogens is 418 g/mol. The van der Waals surface area contributed by atoms with Crippen LogP contribution in [0.5, 0.6) is 0 Å². The highest BCUT2D eigenvalue weighted by Gasteiger charge is 2.13. The maximum atomic E-state index is 12.6. The number of pyridine rings is 1. The predicted molar refractivity (Wildman–Crippen MR) is 115 cm³/mol. The molecule has 142 valence electrons. The lowest BCUT2D eigenvalue weighted by molar-refractivity contribution is 0.0827. The molecule has 2 amide bonds. The maximum absolute atomic E-state index is 12.6. The smallest absolute Gasteiger partial charge is 0.257 e. The van der Waals surface area contributed by atoms with Crippen molar-refractivity contribution >= 4 is 33.4 Å². The summed E-state index contributed by atoms with van der Waals surface area (Å²) in [5, 5.41) is 2.85. The number of aromatic nitrogens is 1. The Morgan fingerprint density at radius 3 is 2.32 bits per heavy atom. The number of carbonyl (C=O) groups is 2. The van der Waals surface area contributed by atoms with Crippen molar-refractivity contribution in [2.45, 2.75) is 6.92 Å². The zero-order chi connectivity index (χ0) is 20.3. The first-order valence-corrected chi connectivity index (χ1v) is 9.51. The first-order chi connectivity index (χ1) is 13.3. The molecule has 0 spiro atoms. The number of benzene rings is 2. The third kappa shape index (κ3) is 4.46. The largest absolute Gasteiger partial charge is 0.345 e. The van der Waals surface area contributed by atoms with Gasteiger partial charge in [-0.2, -0.15) is 0 Å². The number of halogens is 1. The molecule has 0 fully saturated rings. The molecule has 6 heteroatoms. The molecule has 3 rings (SSSR count). The van der Waals surface area contributed by atoms with Crippen molar-refractivity contribution in [3.05, 3.63) is 82.0 Å². The second kappa shape index (κ2) is 8.35. The van der Waals surface area contributed by atoms with Gasteiger partial charge >= 0.3 is 0 Å². The minimum absolute atomic E-state index is 0.0824. The number of rotatable bonds is 4. The van der Waals surface area contributed by atoms with Crippen LogP contribution in [0.4, 0.5) is 5.69 Å². The maximum Gasteiger partial charge on any atom is 0.257 e. The first-order valence-electron chi connectivity index (χ1n) is 8.72. The zero-order valence-electron chi connectivity index (χ0n) is 15.9. The monoisotopic (exact) mass is 437 g/mol. The molecule has 1 heterocycles. The normalized spacial score (nSPS) is 10.4. The van der Waals surface area contributed by atoms with E-state index in [1.165, 1.54) is 4.90 Å². The highest BCUT2D eigenvalue weighted by Crippen LogP contribution is 2.23. The number of nitrogens with one attached hydrogen (secondary N) is 1. The molecule has 3 aromatic rings. The number of amides is 2. The van der Waals surface area contributed by atoms with Crippen LogP contribution in [0.15, 0.2) is 65.1 Å². The number of hydrogen-bond acceptors (Lipinski definition) is 3. The second-order valence-electron chi connectivity index (χ2n) is 6.57. The molecule has 0 radical (unpaired) electrons. The van der Waals surface area contributed by atoms with Gasteiger partial charge in [0.25, 0.3) is 11.8 Å². The Balaban J connectivity index is 1.77. The summed E-state index contributed by atoms with van der Waals surface area (Å²) in [6.45, 7) is 1.81. The SMILES string of the molecule is Cc1nc(-c2cccc(Br)c2)ccc1C(=O)Nc1ccc(C(=O)N(C)C)cc1. The van der Waals surface area contributed by atoms with Gasteiger partial charge in [0.05, 0.1) is 17.0 Å². The number of aryl methyl sites for hydroxylation is 1. The minimum Gasteiger partial charge on any atom is -0.345 e. The average Bonchev–Trinajstić information content (AvgIpc) is 2.67. The van der Waals surface area contributed by atoms with E-state index in [-0.39, 0.29) is 11.8 Å². The molecule has 0 bridgehead atoms. The van der Waals surface area contributed by atoms with Gasteiger partial charge in [-0.05, 0) is 55.5 Å². The summed E-state index contributed by atoms with van der Waals surface area (Å²) in [4.78, 5) is 30.7. The van der Waals surface area contributed by atoms with E-state index in [4.69, 9.17) is 0 Å². The van der Waals surface area contributed by atoms with Gasteiger partial charge in [-0.25, -0.2) is 0 Å². The van der Waals surface area contributed by atoms with E-state index in [9.17, 15) is 9.59 Å². The molecule has 5 nitrogen and oxygen atoms in total. The summed E-state index contributed by atoms with van der Waals surface area (Å²) in [5.41, 5.74) is 4.13. The lowest BCUT2D eigenvalue weighted by Crippen LogP contribution is -2.21. The molecule has 0 saturated heterocycles. The average molecular weight is 438 g/mol. The molecular formula is C22H20BrN3O2. The molecule has 0 unspecified atom stereocenters. The van der Waals surface area contributed by atoms with Crippen LogP contribution in [-0.4, -0.2) is 35.8 Å². The van der Waals surface area contributed by atoms with Crippen molar-refractivity contribution in [3.63, 3.8) is 0 Å². The van der Waals surface area contributed by atoms with E-state index in [0.29, 0.717) is 22.5 Å². The molecule has 0 aliphatic carbocycles. The van der Waals surface area contributed by atoms with Gasteiger partial charge in [0, 0.05) is 35.4 Å². The molecule has 2 aromatic carbocycles. The number of anilines is 1.